The van der Waals surface area contributed by atoms with Crippen LogP contribution in [0.1, 0.15) is 25.3 Å². The van der Waals surface area contributed by atoms with Crippen LogP contribution >= 0.6 is 0 Å². The second kappa shape index (κ2) is 4.61. The Balaban J connectivity index is 1.77. The smallest absolute Gasteiger partial charge is 0.246 e. The molecule has 0 bridgehead atoms. The topological polar surface area (TPSA) is 67.2 Å². The van der Waals surface area contributed by atoms with Crippen molar-refractivity contribution in [1.82, 2.24) is 20.0 Å². The van der Waals surface area contributed by atoms with Crippen molar-refractivity contribution in [2.24, 2.45) is 13.0 Å². The lowest BCUT2D eigenvalue weighted by Crippen LogP contribution is -2.67. The maximum Gasteiger partial charge on any atom is 0.246 e. The molecule has 2 amide bonds. The summed E-state index contributed by atoms with van der Waals surface area (Å²) >= 11 is 0. The van der Waals surface area contributed by atoms with Crippen molar-refractivity contribution >= 4 is 11.8 Å². The van der Waals surface area contributed by atoms with Gasteiger partial charge in [-0.3, -0.25) is 14.3 Å². The third-order valence-electron chi connectivity index (χ3n) is 4.48. The summed E-state index contributed by atoms with van der Waals surface area (Å²) in [5.74, 6) is 0.314. The standard InChI is InChI=1S/C14H20N4O2/c1-14(11-3-4-11)13(20)15-8-12(19)18(14)6-5-10-7-16-17(2)9-10/h7,9,11H,3-6,8H2,1-2H3,(H,15,20). The van der Waals surface area contributed by atoms with Gasteiger partial charge in [0, 0.05) is 19.8 Å². The van der Waals surface area contributed by atoms with E-state index in [1.54, 1.807) is 9.58 Å². The quantitative estimate of drug-likeness (QED) is 0.847. The first-order valence-corrected chi connectivity index (χ1v) is 7.08. The minimum absolute atomic E-state index is 0.00853. The molecule has 1 aromatic heterocycles. The molecule has 1 aromatic rings. The Morgan fingerprint density at radius 3 is 2.80 bits per heavy atom. The fraction of sp³-hybridized carbons (Fsp3) is 0.643. The number of aryl methyl sites for hydroxylation is 1. The molecule has 0 radical (unpaired) electrons. The predicted octanol–water partition coefficient (Wildman–Crippen LogP) is 0.0897. The van der Waals surface area contributed by atoms with Crippen LogP contribution in [0.25, 0.3) is 0 Å². The van der Waals surface area contributed by atoms with Crippen molar-refractivity contribution in [1.29, 1.82) is 0 Å². The molecule has 1 atom stereocenters. The van der Waals surface area contributed by atoms with Crippen molar-refractivity contribution in [2.75, 3.05) is 13.1 Å². The number of nitrogens with zero attached hydrogens (tertiary/aromatic N) is 3. The van der Waals surface area contributed by atoms with Crippen molar-refractivity contribution in [3.05, 3.63) is 18.0 Å². The summed E-state index contributed by atoms with van der Waals surface area (Å²) in [5.41, 5.74) is 0.418. The van der Waals surface area contributed by atoms with E-state index in [0.29, 0.717) is 12.5 Å². The third-order valence-corrected chi connectivity index (χ3v) is 4.48. The molecule has 6 heteroatoms. The van der Waals surface area contributed by atoms with Crippen LogP contribution in [0.2, 0.25) is 0 Å². The molecular weight excluding hydrogens is 256 g/mol. The molecule has 3 rings (SSSR count). The molecule has 1 saturated carbocycles. The second-order valence-electron chi connectivity index (χ2n) is 5.92. The first kappa shape index (κ1) is 13.1. The lowest BCUT2D eigenvalue weighted by molar-refractivity contribution is -0.154. The van der Waals surface area contributed by atoms with Gasteiger partial charge in [0.05, 0.1) is 12.7 Å². The van der Waals surface area contributed by atoms with Gasteiger partial charge in [-0.25, -0.2) is 0 Å². The predicted molar refractivity (Wildman–Crippen MR) is 72.8 cm³/mol. The van der Waals surface area contributed by atoms with Crippen LogP contribution in [0.3, 0.4) is 0 Å². The van der Waals surface area contributed by atoms with Gasteiger partial charge in [0.25, 0.3) is 0 Å². The molecule has 1 aliphatic carbocycles. The van der Waals surface area contributed by atoms with Crippen molar-refractivity contribution in [3.8, 4) is 0 Å². The highest BCUT2D eigenvalue weighted by molar-refractivity contribution is 5.98. The summed E-state index contributed by atoms with van der Waals surface area (Å²) in [5, 5.41) is 6.86. The van der Waals surface area contributed by atoms with Gasteiger partial charge in [-0.2, -0.15) is 5.10 Å². The van der Waals surface area contributed by atoms with E-state index in [2.05, 4.69) is 10.4 Å². The normalized spacial score (nSPS) is 26.8. The number of amides is 2. The zero-order valence-electron chi connectivity index (χ0n) is 11.9. The molecule has 1 unspecified atom stereocenters. The van der Waals surface area contributed by atoms with Gasteiger partial charge in [0.15, 0.2) is 0 Å². The van der Waals surface area contributed by atoms with Gasteiger partial charge in [0.2, 0.25) is 11.8 Å². The Morgan fingerprint density at radius 1 is 1.45 bits per heavy atom. The maximum absolute atomic E-state index is 12.2. The number of rotatable bonds is 4. The largest absolute Gasteiger partial charge is 0.345 e. The van der Waals surface area contributed by atoms with Gasteiger partial charge >= 0.3 is 0 Å². The van der Waals surface area contributed by atoms with Crippen LogP contribution in [0.5, 0.6) is 0 Å². The van der Waals surface area contributed by atoms with Gasteiger partial charge in [-0.05, 0) is 37.7 Å². The molecule has 6 nitrogen and oxygen atoms in total. The number of carbonyl (C=O) groups is 2. The highest BCUT2D eigenvalue weighted by atomic mass is 16.2. The van der Waals surface area contributed by atoms with E-state index in [4.69, 9.17) is 0 Å². The molecule has 2 heterocycles. The van der Waals surface area contributed by atoms with Crippen molar-refractivity contribution < 1.29 is 9.59 Å². The Kier molecular flexibility index (Phi) is 3.03. The van der Waals surface area contributed by atoms with E-state index in [0.717, 1.165) is 24.8 Å². The van der Waals surface area contributed by atoms with Gasteiger partial charge in [-0.15, -0.1) is 0 Å². The van der Waals surface area contributed by atoms with Crippen molar-refractivity contribution in [2.45, 2.75) is 31.7 Å². The average Bonchev–Trinajstić information content (AvgIpc) is 3.19. The molecule has 2 aliphatic rings. The molecule has 1 N–H and O–H groups in total. The van der Waals surface area contributed by atoms with Crippen LogP contribution < -0.4 is 5.32 Å². The van der Waals surface area contributed by atoms with E-state index in [-0.39, 0.29) is 18.4 Å². The first-order chi connectivity index (χ1) is 9.51. The summed E-state index contributed by atoms with van der Waals surface area (Å²) in [6, 6.07) is 0. The summed E-state index contributed by atoms with van der Waals surface area (Å²) in [7, 11) is 1.87. The molecule has 1 saturated heterocycles. The first-order valence-electron chi connectivity index (χ1n) is 7.08. The van der Waals surface area contributed by atoms with Crippen LogP contribution in [0, 0.1) is 5.92 Å². The summed E-state index contributed by atoms with van der Waals surface area (Å²) in [6.07, 6.45) is 6.54. The van der Waals surface area contributed by atoms with E-state index >= 15 is 0 Å². The summed E-state index contributed by atoms with van der Waals surface area (Å²) < 4.78 is 1.75. The molecule has 1 aliphatic heterocycles. The fourth-order valence-corrected chi connectivity index (χ4v) is 3.06. The molecule has 108 valence electrons. The maximum atomic E-state index is 12.2. The minimum Gasteiger partial charge on any atom is -0.345 e. The van der Waals surface area contributed by atoms with Gasteiger partial charge < -0.3 is 10.2 Å². The van der Waals surface area contributed by atoms with Crippen LogP contribution in [-0.2, 0) is 23.1 Å². The molecule has 0 aromatic carbocycles. The van der Waals surface area contributed by atoms with Crippen LogP contribution in [-0.4, -0.2) is 45.1 Å². The zero-order valence-corrected chi connectivity index (χ0v) is 11.9. The minimum atomic E-state index is -0.669. The van der Waals surface area contributed by atoms with Crippen molar-refractivity contribution in [3.63, 3.8) is 0 Å². The monoisotopic (exact) mass is 276 g/mol. The summed E-state index contributed by atoms with van der Waals surface area (Å²) in [6.45, 7) is 2.60. The second-order valence-corrected chi connectivity index (χ2v) is 5.92. The Morgan fingerprint density at radius 2 is 2.20 bits per heavy atom. The van der Waals surface area contributed by atoms with Gasteiger partial charge in [-0.1, -0.05) is 0 Å². The van der Waals surface area contributed by atoms with Crippen LogP contribution in [0.15, 0.2) is 12.4 Å². The molecule has 2 fully saturated rings. The number of piperazine rings is 1. The number of carbonyl (C=O) groups excluding carboxylic acids is 2. The molecule has 0 spiro atoms. The fourth-order valence-electron chi connectivity index (χ4n) is 3.06. The third kappa shape index (κ3) is 2.09. The molecular formula is C14H20N4O2. The van der Waals surface area contributed by atoms with E-state index in [1.165, 1.54) is 0 Å². The Bertz CT molecular complexity index is 549. The number of hydrogen-bond donors (Lipinski definition) is 1. The highest BCUT2D eigenvalue weighted by Gasteiger charge is 2.54. The average molecular weight is 276 g/mol. The van der Waals surface area contributed by atoms with E-state index in [9.17, 15) is 9.59 Å². The SMILES string of the molecule is Cn1cc(CCN2C(=O)CNC(=O)C2(C)C2CC2)cn1. The summed E-state index contributed by atoms with van der Waals surface area (Å²) in [4.78, 5) is 26.2. The zero-order chi connectivity index (χ0) is 14.3. The van der Waals surface area contributed by atoms with Gasteiger partial charge in [0.1, 0.15) is 5.54 Å². The lowest BCUT2D eigenvalue weighted by Gasteiger charge is -2.44. The van der Waals surface area contributed by atoms with E-state index in [1.807, 2.05) is 26.4 Å². The Hall–Kier alpha value is -1.85. The number of aromatic nitrogens is 2. The number of hydrogen-bond acceptors (Lipinski definition) is 3. The highest BCUT2D eigenvalue weighted by Crippen LogP contribution is 2.44. The Labute approximate surface area is 118 Å². The molecule has 20 heavy (non-hydrogen) atoms. The van der Waals surface area contributed by atoms with Crippen LogP contribution in [0.4, 0.5) is 0 Å². The number of nitrogens with one attached hydrogen (secondary N) is 1. The van der Waals surface area contributed by atoms with E-state index < -0.39 is 5.54 Å². The lowest BCUT2D eigenvalue weighted by atomic mass is 9.89.